The normalized spacial score (nSPS) is 20.4. The fourth-order valence-corrected chi connectivity index (χ4v) is 6.14. The second-order valence-corrected chi connectivity index (χ2v) is 11.1. The van der Waals surface area contributed by atoms with E-state index >= 15 is 0 Å². The summed E-state index contributed by atoms with van der Waals surface area (Å²) in [6.07, 6.45) is 0.712. The third kappa shape index (κ3) is 3.96. The van der Waals surface area contributed by atoms with E-state index in [1.807, 2.05) is 31.2 Å². The monoisotopic (exact) mass is 528 g/mol. The molecule has 2 aliphatic heterocycles. The molecule has 3 aromatic carbocycles. The first-order chi connectivity index (χ1) is 18.2. The van der Waals surface area contributed by atoms with Crippen molar-refractivity contribution in [1.29, 1.82) is 0 Å². The number of aliphatic hydroxyl groups is 1. The molecule has 192 valence electrons. The Labute approximate surface area is 223 Å². The summed E-state index contributed by atoms with van der Waals surface area (Å²) in [5.74, 6) is -1.20. The molecular weight excluding hydrogens is 503 g/mol. The van der Waals surface area contributed by atoms with Crippen molar-refractivity contribution in [3.63, 3.8) is 0 Å². The minimum atomic E-state index is -0.898. The number of ketones is 1. The number of fused-ring (bicyclic) bond motifs is 2. The second kappa shape index (κ2) is 9.06. The van der Waals surface area contributed by atoms with Crippen molar-refractivity contribution >= 4 is 44.1 Å². The zero-order valence-corrected chi connectivity index (χ0v) is 21.9. The third-order valence-corrected chi connectivity index (χ3v) is 8.10. The number of ether oxygens (including phenoxy) is 1. The lowest BCUT2D eigenvalue weighted by atomic mass is 9.93. The second-order valence-electron chi connectivity index (χ2n) is 10.1. The Balaban J connectivity index is 1.53. The van der Waals surface area contributed by atoms with Crippen LogP contribution in [0, 0.1) is 5.82 Å². The van der Waals surface area contributed by atoms with E-state index < -0.39 is 23.5 Å². The van der Waals surface area contributed by atoms with Crippen molar-refractivity contribution in [3.05, 3.63) is 94.3 Å². The van der Waals surface area contributed by atoms with E-state index in [2.05, 4.69) is 18.8 Å². The number of hydrogen-bond acceptors (Lipinski definition) is 6. The molecule has 0 aliphatic carbocycles. The lowest BCUT2D eigenvalue weighted by Crippen LogP contribution is -2.29. The van der Waals surface area contributed by atoms with Gasteiger partial charge in [-0.1, -0.05) is 49.4 Å². The first-order valence-electron chi connectivity index (χ1n) is 12.5. The Morgan fingerprint density at radius 2 is 1.87 bits per heavy atom. The average molecular weight is 529 g/mol. The maximum Gasteiger partial charge on any atom is 0.301 e. The zero-order chi connectivity index (χ0) is 26.7. The van der Waals surface area contributed by atoms with E-state index in [-0.39, 0.29) is 22.6 Å². The third-order valence-electron chi connectivity index (χ3n) is 7.08. The molecule has 0 radical (unpaired) electrons. The molecule has 0 bridgehead atoms. The first-order valence-corrected chi connectivity index (χ1v) is 13.3. The van der Waals surface area contributed by atoms with Gasteiger partial charge < -0.3 is 9.84 Å². The number of nitrogens with zero attached hydrogens (tertiary/aromatic N) is 2. The largest absolute Gasteiger partial charge is 0.507 e. The van der Waals surface area contributed by atoms with Gasteiger partial charge in [0.2, 0.25) is 0 Å². The fourth-order valence-electron chi connectivity index (χ4n) is 5.12. The van der Waals surface area contributed by atoms with Crippen LogP contribution in [0.1, 0.15) is 55.0 Å². The maximum absolute atomic E-state index is 13.9. The number of aromatic nitrogens is 1. The summed E-state index contributed by atoms with van der Waals surface area (Å²) in [6, 6.07) is 16.2. The number of hydrogen-bond donors (Lipinski definition) is 1. The maximum atomic E-state index is 13.9. The van der Waals surface area contributed by atoms with Gasteiger partial charge in [0.15, 0.2) is 5.13 Å². The van der Waals surface area contributed by atoms with Gasteiger partial charge in [-0.3, -0.25) is 14.5 Å². The molecule has 3 heterocycles. The van der Waals surface area contributed by atoms with E-state index in [4.69, 9.17) is 4.74 Å². The van der Waals surface area contributed by atoms with Crippen LogP contribution < -0.4 is 9.64 Å². The highest BCUT2D eigenvalue weighted by Gasteiger charge is 2.48. The van der Waals surface area contributed by atoms with Crippen molar-refractivity contribution in [2.45, 2.75) is 45.3 Å². The summed E-state index contributed by atoms with van der Waals surface area (Å²) in [5.41, 5.74) is 3.66. The van der Waals surface area contributed by atoms with Crippen LogP contribution in [0.2, 0.25) is 0 Å². The molecular formula is C30H25FN2O4S. The Bertz CT molecular complexity index is 1640. The summed E-state index contributed by atoms with van der Waals surface area (Å²) < 4.78 is 20.2. The summed E-state index contributed by atoms with van der Waals surface area (Å²) in [7, 11) is 0. The molecule has 0 spiro atoms. The first kappa shape index (κ1) is 24.3. The molecule has 2 unspecified atom stereocenters. The van der Waals surface area contributed by atoms with Gasteiger partial charge in [-0.15, -0.1) is 0 Å². The van der Waals surface area contributed by atoms with Crippen LogP contribution in [-0.2, 0) is 16.0 Å². The number of amides is 1. The highest BCUT2D eigenvalue weighted by molar-refractivity contribution is 7.22. The van der Waals surface area contributed by atoms with Crippen LogP contribution in [0.3, 0.4) is 0 Å². The van der Waals surface area contributed by atoms with Crippen molar-refractivity contribution < 1.29 is 23.8 Å². The van der Waals surface area contributed by atoms with Crippen LogP contribution >= 0.6 is 11.3 Å². The minimum absolute atomic E-state index is 0.00959. The summed E-state index contributed by atoms with van der Waals surface area (Å²) >= 11 is 1.13. The van der Waals surface area contributed by atoms with E-state index in [0.717, 1.165) is 28.2 Å². The Morgan fingerprint density at radius 3 is 2.61 bits per heavy atom. The molecule has 1 N–H and O–H groups in total. The van der Waals surface area contributed by atoms with Crippen LogP contribution in [0.25, 0.3) is 16.0 Å². The lowest BCUT2D eigenvalue weighted by molar-refractivity contribution is -0.132. The van der Waals surface area contributed by atoms with Gasteiger partial charge in [0.1, 0.15) is 23.4 Å². The van der Waals surface area contributed by atoms with Gasteiger partial charge >= 0.3 is 5.91 Å². The zero-order valence-electron chi connectivity index (χ0n) is 21.1. The van der Waals surface area contributed by atoms with E-state index in [1.165, 1.54) is 17.0 Å². The topological polar surface area (TPSA) is 79.7 Å². The molecule has 6 nitrogen and oxygen atoms in total. The number of carbonyl (C=O) groups is 2. The summed E-state index contributed by atoms with van der Waals surface area (Å²) in [4.78, 5) is 32.9. The Kier molecular flexibility index (Phi) is 5.79. The number of thiazole rings is 1. The standard InChI is InChI=1S/C30H25FN2O4S/c1-15(2)17-4-6-18(7-5-17)26-25(27(34)19-8-11-23-20(13-19)12-16(3)37-23)28(35)29(36)33(26)30-32-22-10-9-21(31)14-24(22)38-30/h4-11,13-16,26,34H,12H2,1-3H3/b27-25+. The van der Waals surface area contributed by atoms with Gasteiger partial charge in [0, 0.05) is 12.0 Å². The quantitative estimate of drug-likeness (QED) is 0.186. The fraction of sp³-hybridized carbons (Fsp3) is 0.233. The van der Waals surface area contributed by atoms with Crippen LogP contribution in [0.15, 0.2) is 66.2 Å². The average Bonchev–Trinajstić information content (AvgIpc) is 3.55. The molecule has 4 aromatic rings. The highest BCUT2D eigenvalue weighted by atomic mass is 32.1. The minimum Gasteiger partial charge on any atom is -0.507 e. The predicted octanol–water partition coefficient (Wildman–Crippen LogP) is 6.51. The van der Waals surface area contributed by atoms with E-state index in [1.54, 1.807) is 24.3 Å². The number of Topliss-reactive ketones (excluding diaryl/α,β-unsaturated/α-hetero) is 1. The van der Waals surface area contributed by atoms with Gasteiger partial charge in [0.05, 0.1) is 21.8 Å². The molecule has 0 saturated carbocycles. The van der Waals surface area contributed by atoms with Gasteiger partial charge in [-0.05, 0) is 65.9 Å². The predicted molar refractivity (Wildman–Crippen MR) is 145 cm³/mol. The molecule has 6 rings (SSSR count). The molecule has 8 heteroatoms. The number of carbonyl (C=O) groups excluding carboxylic acids is 2. The van der Waals surface area contributed by atoms with Gasteiger partial charge in [-0.2, -0.15) is 0 Å². The van der Waals surface area contributed by atoms with Gasteiger partial charge in [0.25, 0.3) is 5.78 Å². The van der Waals surface area contributed by atoms with E-state index in [0.29, 0.717) is 33.7 Å². The molecule has 38 heavy (non-hydrogen) atoms. The van der Waals surface area contributed by atoms with Gasteiger partial charge in [-0.25, -0.2) is 9.37 Å². The van der Waals surface area contributed by atoms with Crippen molar-refractivity contribution in [3.8, 4) is 5.75 Å². The SMILES string of the molecule is CC1Cc2cc(/C(O)=C3\C(=O)C(=O)N(c4nc5ccc(F)cc5s4)C3c3ccc(C(C)C)cc3)ccc2O1. The van der Waals surface area contributed by atoms with Crippen molar-refractivity contribution in [2.75, 3.05) is 4.90 Å². The Hall–Kier alpha value is -4.04. The molecule has 1 fully saturated rings. The van der Waals surface area contributed by atoms with Crippen LogP contribution in [0.5, 0.6) is 5.75 Å². The van der Waals surface area contributed by atoms with Crippen LogP contribution in [-0.4, -0.2) is 27.9 Å². The van der Waals surface area contributed by atoms with Crippen LogP contribution in [0.4, 0.5) is 9.52 Å². The number of anilines is 1. The Morgan fingerprint density at radius 1 is 1.11 bits per heavy atom. The number of benzene rings is 3. The molecule has 1 saturated heterocycles. The summed E-state index contributed by atoms with van der Waals surface area (Å²) in [6.45, 7) is 6.13. The van der Waals surface area contributed by atoms with Crippen molar-refractivity contribution in [1.82, 2.24) is 4.98 Å². The van der Waals surface area contributed by atoms with Crippen molar-refractivity contribution in [2.24, 2.45) is 0 Å². The number of aliphatic hydroxyl groups excluding tert-OH is 1. The number of rotatable bonds is 4. The molecule has 1 aromatic heterocycles. The molecule has 1 amide bonds. The summed E-state index contributed by atoms with van der Waals surface area (Å²) in [5, 5.41) is 11.8. The number of halogens is 1. The molecule has 2 aliphatic rings. The lowest BCUT2D eigenvalue weighted by Gasteiger charge is -2.23. The molecule has 2 atom stereocenters. The highest BCUT2D eigenvalue weighted by Crippen LogP contribution is 2.45. The van der Waals surface area contributed by atoms with E-state index in [9.17, 15) is 19.1 Å². The smallest absolute Gasteiger partial charge is 0.301 e.